The first-order valence-electron chi connectivity index (χ1n) is 7.84. The molecule has 1 aliphatic heterocycles. The Bertz CT molecular complexity index is 760. The Morgan fingerprint density at radius 1 is 1.14 bits per heavy atom. The maximum Gasteiger partial charge on any atom is 0.160 e. The van der Waals surface area contributed by atoms with Crippen LogP contribution in [0.15, 0.2) is 48.7 Å². The highest BCUT2D eigenvalue weighted by atomic mass is 32.2. The number of hydrogen-bond acceptors (Lipinski definition) is 3. The van der Waals surface area contributed by atoms with Crippen molar-refractivity contribution in [3.63, 3.8) is 0 Å². The maximum absolute atomic E-state index is 4.92. The van der Waals surface area contributed by atoms with Crippen molar-refractivity contribution in [2.75, 3.05) is 11.5 Å². The van der Waals surface area contributed by atoms with E-state index >= 15 is 0 Å². The highest BCUT2D eigenvalue weighted by Gasteiger charge is 2.23. The van der Waals surface area contributed by atoms with Crippen molar-refractivity contribution in [2.24, 2.45) is 0 Å². The molecule has 0 bridgehead atoms. The quantitative estimate of drug-likeness (QED) is 0.730. The van der Waals surface area contributed by atoms with Crippen molar-refractivity contribution in [3.8, 4) is 0 Å². The highest BCUT2D eigenvalue weighted by Crippen LogP contribution is 2.32. The van der Waals surface area contributed by atoms with Crippen molar-refractivity contribution in [1.82, 2.24) is 14.5 Å². The first-order chi connectivity index (χ1) is 10.9. The summed E-state index contributed by atoms with van der Waals surface area (Å²) in [5.41, 5.74) is 3.33. The van der Waals surface area contributed by atoms with Crippen molar-refractivity contribution in [1.29, 1.82) is 0 Å². The number of rotatable bonds is 3. The minimum absolute atomic E-state index is 0.552. The van der Waals surface area contributed by atoms with Crippen LogP contribution in [-0.4, -0.2) is 26.0 Å². The van der Waals surface area contributed by atoms with Crippen LogP contribution in [0.25, 0.3) is 11.2 Å². The summed E-state index contributed by atoms with van der Waals surface area (Å²) < 4.78 is 2.32. The minimum atomic E-state index is 0.552. The molecule has 0 radical (unpaired) electrons. The van der Waals surface area contributed by atoms with Crippen molar-refractivity contribution in [3.05, 3.63) is 60.0 Å². The van der Waals surface area contributed by atoms with Gasteiger partial charge in [0.2, 0.25) is 0 Å². The average molecular weight is 309 g/mol. The van der Waals surface area contributed by atoms with Crippen molar-refractivity contribution in [2.45, 2.75) is 25.3 Å². The minimum Gasteiger partial charge on any atom is -0.308 e. The molecule has 1 aromatic carbocycles. The predicted molar refractivity (Wildman–Crippen MR) is 92.4 cm³/mol. The normalized spacial score (nSPS) is 18.6. The highest BCUT2D eigenvalue weighted by molar-refractivity contribution is 7.99. The molecule has 1 unspecified atom stereocenters. The molecule has 112 valence electrons. The standard InChI is InChI=1S/C18H19N3S/c1-2-6-14(7-3-1)12-21-17(15-8-5-11-22-13-15)20-16-9-4-10-19-18(16)21/h1-4,6-7,9-10,15H,5,8,11-13H2. The van der Waals surface area contributed by atoms with E-state index < -0.39 is 0 Å². The van der Waals surface area contributed by atoms with Gasteiger partial charge in [-0.1, -0.05) is 30.3 Å². The number of pyridine rings is 1. The van der Waals surface area contributed by atoms with Gasteiger partial charge in [0.1, 0.15) is 11.3 Å². The molecular formula is C18H19N3S. The predicted octanol–water partition coefficient (Wildman–Crippen LogP) is 4.09. The number of imidazole rings is 1. The van der Waals surface area contributed by atoms with E-state index in [1.54, 1.807) is 0 Å². The number of thioether (sulfide) groups is 1. The summed E-state index contributed by atoms with van der Waals surface area (Å²) in [5.74, 6) is 4.23. The van der Waals surface area contributed by atoms with Gasteiger partial charge in [-0.3, -0.25) is 0 Å². The molecule has 3 heterocycles. The van der Waals surface area contributed by atoms with E-state index in [2.05, 4.69) is 45.9 Å². The third-order valence-corrected chi connectivity index (χ3v) is 5.46. The SMILES string of the molecule is c1ccc(Cn2c(C3CCCSC3)nc3cccnc32)cc1. The molecular weight excluding hydrogens is 290 g/mol. The molecule has 4 rings (SSSR count). The Morgan fingerprint density at radius 3 is 2.86 bits per heavy atom. The van der Waals surface area contributed by atoms with Crippen molar-refractivity contribution >= 4 is 22.9 Å². The molecule has 3 aromatic rings. The van der Waals surface area contributed by atoms with Gasteiger partial charge in [0.25, 0.3) is 0 Å². The van der Waals surface area contributed by atoms with Crippen LogP contribution in [0.3, 0.4) is 0 Å². The monoisotopic (exact) mass is 309 g/mol. The summed E-state index contributed by atoms with van der Waals surface area (Å²) in [5, 5.41) is 0. The molecule has 0 N–H and O–H groups in total. The lowest BCUT2D eigenvalue weighted by Gasteiger charge is -2.22. The first kappa shape index (κ1) is 13.8. The lowest BCUT2D eigenvalue weighted by atomic mass is 10.0. The Labute approximate surface area is 134 Å². The van der Waals surface area contributed by atoms with Crippen LogP contribution in [0, 0.1) is 0 Å². The van der Waals surface area contributed by atoms with E-state index in [-0.39, 0.29) is 0 Å². The van der Waals surface area contributed by atoms with E-state index in [0.29, 0.717) is 5.92 Å². The molecule has 2 aromatic heterocycles. The van der Waals surface area contributed by atoms with Crippen LogP contribution < -0.4 is 0 Å². The number of aromatic nitrogens is 3. The number of benzene rings is 1. The Hall–Kier alpha value is -1.81. The number of fused-ring (bicyclic) bond motifs is 1. The zero-order valence-corrected chi connectivity index (χ0v) is 13.3. The third-order valence-electron chi connectivity index (χ3n) is 4.24. The van der Waals surface area contributed by atoms with Crippen LogP contribution in [0.4, 0.5) is 0 Å². The van der Waals surface area contributed by atoms with E-state index in [1.807, 2.05) is 24.0 Å². The second-order valence-electron chi connectivity index (χ2n) is 5.80. The molecule has 1 fully saturated rings. The van der Waals surface area contributed by atoms with Gasteiger partial charge in [0.05, 0.1) is 6.54 Å². The molecule has 4 heteroatoms. The Morgan fingerprint density at radius 2 is 2.05 bits per heavy atom. The van der Waals surface area contributed by atoms with Crippen molar-refractivity contribution < 1.29 is 0 Å². The third kappa shape index (κ3) is 2.63. The first-order valence-corrected chi connectivity index (χ1v) is 9.00. The number of hydrogen-bond donors (Lipinski definition) is 0. The zero-order chi connectivity index (χ0) is 14.8. The Kier molecular flexibility index (Phi) is 3.85. The van der Waals surface area contributed by atoms with Crippen LogP contribution in [-0.2, 0) is 6.54 Å². The van der Waals surface area contributed by atoms with Gasteiger partial charge in [-0.15, -0.1) is 0 Å². The second kappa shape index (κ2) is 6.13. The van der Waals surface area contributed by atoms with Gasteiger partial charge < -0.3 is 4.57 Å². The molecule has 22 heavy (non-hydrogen) atoms. The molecule has 1 atom stereocenters. The molecule has 0 amide bonds. The van der Waals surface area contributed by atoms with Gasteiger partial charge in [-0.2, -0.15) is 11.8 Å². The second-order valence-corrected chi connectivity index (χ2v) is 6.95. The number of nitrogens with zero attached hydrogens (tertiary/aromatic N) is 3. The molecule has 3 nitrogen and oxygen atoms in total. The average Bonchev–Trinajstić information content (AvgIpc) is 2.95. The summed E-state index contributed by atoms with van der Waals surface area (Å²) in [6, 6.07) is 14.6. The summed E-state index contributed by atoms with van der Waals surface area (Å²) in [4.78, 5) is 9.51. The summed E-state index contributed by atoms with van der Waals surface area (Å²) in [6.45, 7) is 0.852. The lowest BCUT2D eigenvalue weighted by Crippen LogP contribution is -2.15. The topological polar surface area (TPSA) is 30.7 Å². The van der Waals surface area contributed by atoms with Gasteiger partial charge in [0, 0.05) is 17.9 Å². The molecule has 1 aliphatic rings. The van der Waals surface area contributed by atoms with Crippen LogP contribution in [0.5, 0.6) is 0 Å². The fourth-order valence-corrected chi connectivity index (χ4v) is 4.29. The summed E-state index contributed by atoms with van der Waals surface area (Å²) >= 11 is 2.05. The van der Waals surface area contributed by atoms with Gasteiger partial charge in [-0.05, 0) is 36.3 Å². The largest absolute Gasteiger partial charge is 0.308 e. The van der Waals surface area contributed by atoms with Crippen LogP contribution >= 0.6 is 11.8 Å². The van der Waals surface area contributed by atoms with Gasteiger partial charge >= 0.3 is 0 Å². The lowest BCUT2D eigenvalue weighted by molar-refractivity contribution is 0.589. The van der Waals surface area contributed by atoms with Crippen LogP contribution in [0.1, 0.15) is 30.1 Å². The van der Waals surface area contributed by atoms with Gasteiger partial charge in [0.15, 0.2) is 5.65 Å². The summed E-state index contributed by atoms with van der Waals surface area (Å²) in [6.07, 6.45) is 4.40. The van der Waals surface area contributed by atoms with E-state index in [9.17, 15) is 0 Å². The van der Waals surface area contributed by atoms with E-state index in [4.69, 9.17) is 4.98 Å². The fraction of sp³-hybridized carbons (Fsp3) is 0.333. The zero-order valence-electron chi connectivity index (χ0n) is 12.5. The smallest absolute Gasteiger partial charge is 0.160 e. The van der Waals surface area contributed by atoms with Crippen LogP contribution in [0.2, 0.25) is 0 Å². The molecule has 0 spiro atoms. The molecule has 0 aliphatic carbocycles. The van der Waals surface area contributed by atoms with Gasteiger partial charge in [-0.25, -0.2) is 9.97 Å². The van der Waals surface area contributed by atoms with E-state index in [0.717, 1.165) is 17.7 Å². The molecule has 1 saturated heterocycles. The fourth-order valence-electron chi connectivity index (χ4n) is 3.15. The maximum atomic E-state index is 4.92. The Balaban J connectivity index is 1.79. The molecule has 0 saturated carbocycles. The summed E-state index contributed by atoms with van der Waals surface area (Å²) in [7, 11) is 0. The van der Waals surface area contributed by atoms with E-state index in [1.165, 1.54) is 35.7 Å².